The molecular formula is C22H31F3N2O3S. The number of hydrogen-bond donors (Lipinski definition) is 2. The predicted octanol–water partition coefficient (Wildman–Crippen LogP) is 4.08. The topological polar surface area (TPSA) is 75.3 Å². The average Bonchev–Trinajstić information content (AvgIpc) is 2.74. The highest BCUT2D eigenvalue weighted by atomic mass is 32.2. The van der Waals surface area contributed by atoms with Crippen molar-refractivity contribution in [3.63, 3.8) is 0 Å². The van der Waals surface area contributed by atoms with Crippen molar-refractivity contribution in [2.75, 3.05) is 13.1 Å². The molecule has 2 aliphatic carbocycles. The van der Waals surface area contributed by atoms with Crippen LogP contribution in [0, 0.1) is 5.92 Å². The SMILES string of the molecule is O=C(CNC[C@H]1CC[C@@H](S(=O)(=O)c2cccc(C(F)(F)F)c2)CC1)NC1CCCCC1. The summed E-state index contributed by atoms with van der Waals surface area (Å²) in [6.45, 7) is 0.882. The molecular weight excluding hydrogens is 429 g/mol. The summed E-state index contributed by atoms with van der Waals surface area (Å²) in [7, 11) is -3.80. The van der Waals surface area contributed by atoms with Crippen molar-refractivity contribution in [3.8, 4) is 0 Å². The van der Waals surface area contributed by atoms with Crippen LogP contribution in [-0.4, -0.2) is 38.7 Å². The Labute approximate surface area is 182 Å². The van der Waals surface area contributed by atoms with Crippen LogP contribution < -0.4 is 10.6 Å². The Morgan fingerprint density at radius 2 is 1.68 bits per heavy atom. The van der Waals surface area contributed by atoms with E-state index >= 15 is 0 Å². The maximum atomic E-state index is 12.9. The van der Waals surface area contributed by atoms with Gasteiger partial charge in [0, 0.05) is 6.04 Å². The maximum absolute atomic E-state index is 12.9. The van der Waals surface area contributed by atoms with Crippen molar-refractivity contribution >= 4 is 15.7 Å². The van der Waals surface area contributed by atoms with E-state index in [4.69, 9.17) is 0 Å². The Hall–Kier alpha value is -1.61. The largest absolute Gasteiger partial charge is 0.416 e. The van der Waals surface area contributed by atoms with Crippen LogP contribution in [0.15, 0.2) is 29.2 Å². The molecule has 0 saturated heterocycles. The van der Waals surface area contributed by atoms with E-state index in [9.17, 15) is 26.4 Å². The van der Waals surface area contributed by atoms with Gasteiger partial charge < -0.3 is 10.6 Å². The molecule has 0 aromatic heterocycles. The van der Waals surface area contributed by atoms with Crippen molar-refractivity contribution in [2.24, 2.45) is 5.92 Å². The summed E-state index contributed by atoms with van der Waals surface area (Å²) in [6, 6.07) is 4.27. The van der Waals surface area contributed by atoms with Gasteiger partial charge in [0.1, 0.15) is 0 Å². The summed E-state index contributed by atoms with van der Waals surface area (Å²) in [5.41, 5.74) is -0.946. The minimum atomic E-state index is -4.57. The van der Waals surface area contributed by atoms with Crippen LogP contribution >= 0.6 is 0 Å². The molecule has 174 valence electrons. The number of alkyl halides is 3. The van der Waals surface area contributed by atoms with Gasteiger partial charge in [-0.2, -0.15) is 13.2 Å². The Balaban J connectivity index is 1.44. The summed E-state index contributed by atoms with van der Waals surface area (Å²) in [5, 5.41) is 5.56. The first-order valence-corrected chi connectivity index (χ1v) is 12.6. The van der Waals surface area contributed by atoms with E-state index < -0.39 is 26.8 Å². The number of amides is 1. The molecule has 0 bridgehead atoms. The van der Waals surface area contributed by atoms with Crippen LogP contribution in [0.3, 0.4) is 0 Å². The van der Waals surface area contributed by atoms with E-state index in [2.05, 4.69) is 10.6 Å². The second-order valence-electron chi connectivity index (χ2n) is 8.75. The van der Waals surface area contributed by atoms with Gasteiger partial charge in [0.05, 0.1) is 22.3 Å². The van der Waals surface area contributed by atoms with E-state index in [1.54, 1.807) is 0 Å². The van der Waals surface area contributed by atoms with Gasteiger partial charge in [0.25, 0.3) is 0 Å². The quantitative estimate of drug-likeness (QED) is 0.643. The molecule has 0 radical (unpaired) electrons. The molecule has 0 heterocycles. The number of carbonyl (C=O) groups excluding carboxylic acids is 1. The summed E-state index contributed by atoms with van der Waals surface area (Å²) in [5.74, 6) is 0.253. The zero-order chi connectivity index (χ0) is 22.5. The molecule has 2 saturated carbocycles. The van der Waals surface area contributed by atoms with Crippen molar-refractivity contribution in [1.29, 1.82) is 0 Å². The summed E-state index contributed by atoms with van der Waals surface area (Å²) < 4.78 is 64.4. The van der Waals surface area contributed by atoms with Gasteiger partial charge in [-0.05, 0) is 69.2 Å². The van der Waals surface area contributed by atoms with Gasteiger partial charge in [-0.3, -0.25) is 4.79 Å². The first kappa shape index (κ1) is 24.0. The highest BCUT2D eigenvalue weighted by Gasteiger charge is 2.35. The first-order valence-electron chi connectivity index (χ1n) is 11.1. The van der Waals surface area contributed by atoms with Crippen LogP contribution in [0.4, 0.5) is 13.2 Å². The van der Waals surface area contributed by atoms with Crippen LogP contribution in [0.1, 0.15) is 63.4 Å². The lowest BCUT2D eigenvalue weighted by Gasteiger charge is -2.29. The molecule has 0 unspecified atom stereocenters. The van der Waals surface area contributed by atoms with E-state index in [-0.39, 0.29) is 29.3 Å². The number of sulfone groups is 1. The number of halogens is 3. The molecule has 2 aliphatic rings. The lowest BCUT2D eigenvalue weighted by atomic mass is 9.89. The third-order valence-electron chi connectivity index (χ3n) is 6.41. The molecule has 0 atom stereocenters. The van der Waals surface area contributed by atoms with Crippen LogP contribution in [0.5, 0.6) is 0 Å². The molecule has 0 aliphatic heterocycles. The monoisotopic (exact) mass is 460 g/mol. The van der Waals surface area contributed by atoms with Gasteiger partial charge in [-0.1, -0.05) is 25.3 Å². The molecule has 2 N–H and O–H groups in total. The smallest absolute Gasteiger partial charge is 0.352 e. The van der Waals surface area contributed by atoms with Crippen LogP contribution in [0.25, 0.3) is 0 Å². The predicted molar refractivity (Wildman–Crippen MR) is 112 cm³/mol. The van der Waals surface area contributed by atoms with E-state index in [1.807, 2.05) is 0 Å². The standard InChI is InChI=1S/C22H31F3N2O3S/c23-22(24,25)17-5-4-8-20(13-17)31(29,30)19-11-9-16(10-12-19)14-26-15-21(28)27-18-6-2-1-3-7-18/h4-5,8,13,16,18-19,26H,1-3,6-7,9-12,14-15H2,(H,27,28)/t16-,19+. The van der Waals surface area contributed by atoms with Crippen molar-refractivity contribution in [1.82, 2.24) is 10.6 Å². The molecule has 2 fully saturated rings. The number of carbonyl (C=O) groups is 1. The second kappa shape index (κ2) is 10.3. The molecule has 0 spiro atoms. The Bertz CT molecular complexity index is 844. The van der Waals surface area contributed by atoms with E-state index in [0.717, 1.165) is 43.9 Å². The Morgan fingerprint density at radius 3 is 2.32 bits per heavy atom. The van der Waals surface area contributed by atoms with Gasteiger partial charge in [0.2, 0.25) is 5.91 Å². The second-order valence-corrected chi connectivity index (χ2v) is 11.0. The summed E-state index contributed by atoms with van der Waals surface area (Å²) in [4.78, 5) is 11.8. The van der Waals surface area contributed by atoms with Crippen molar-refractivity contribution in [2.45, 2.75) is 80.2 Å². The fraction of sp³-hybridized carbons (Fsp3) is 0.682. The minimum absolute atomic E-state index is 0.00675. The van der Waals surface area contributed by atoms with Crippen molar-refractivity contribution in [3.05, 3.63) is 29.8 Å². The number of benzene rings is 1. The van der Waals surface area contributed by atoms with Gasteiger partial charge in [-0.15, -0.1) is 0 Å². The van der Waals surface area contributed by atoms with Crippen molar-refractivity contribution < 1.29 is 26.4 Å². The fourth-order valence-corrected chi connectivity index (χ4v) is 6.44. The third-order valence-corrected chi connectivity index (χ3v) is 8.67. The Morgan fingerprint density at radius 1 is 1.00 bits per heavy atom. The number of nitrogens with one attached hydrogen (secondary N) is 2. The molecule has 9 heteroatoms. The van der Waals surface area contributed by atoms with Gasteiger partial charge in [0.15, 0.2) is 9.84 Å². The lowest BCUT2D eigenvalue weighted by molar-refractivity contribution is -0.137. The average molecular weight is 461 g/mol. The molecule has 31 heavy (non-hydrogen) atoms. The van der Waals surface area contributed by atoms with Gasteiger partial charge >= 0.3 is 6.18 Å². The maximum Gasteiger partial charge on any atom is 0.416 e. The highest BCUT2D eigenvalue weighted by molar-refractivity contribution is 7.92. The van der Waals surface area contributed by atoms with E-state index in [0.29, 0.717) is 32.2 Å². The zero-order valence-electron chi connectivity index (χ0n) is 17.6. The molecule has 1 aromatic carbocycles. The molecule has 1 aromatic rings. The highest BCUT2D eigenvalue weighted by Crippen LogP contribution is 2.34. The lowest BCUT2D eigenvalue weighted by Crippen LogP contribution is -2.42. The fourth-order valence-electron chi connectivity index (χ4n) is 4.60. The van der Waals surface area contributed by atoms with E-state index in [1.165, 1.54) is 12.5 Å². The normalized spacial score (nSPS) is 23.5. The molecule has 5 nitrogen and oxygen atoms in total. The molecule has 1 amide bonds. The number of hydrogen-bond acceptors (Lipinski definition) is 4. The third kappa shape index (κ3) is 6.68. The summed E-state index contributed by atoms with van der Waals surface area (Å²) in [6.07, 6.45) is 3.22. The zero-order valence-corrected chi connectivity index (χ0v) is 18.4. The Kier molecular flexibility index (Phi) is 8.02. The minimum Gasteiger partial charge on any atom is -0.352 e. The summed E-state index contributed by atoms with van der Waals surface area (Å²) >= 11 is 0. The van der Waals surface area contributed by atoms with Gasteiger partial charge in [-0.25, -0.2) is 8.42 Å². The number of rotatable bonds is 7. The first-order chi connectivity index (χ1) is 14.7. The van der Waals surface area contributed by atoms with Crippen LogP contribution in [0.2, 0.25) is 0 Å². The molecule has 3 rings (SSSR count). The van der Waals surface area contributed by atoms with Crippen LogP contribution in [-0.2, 0) is 20.8 Å².